The van der Waals surface area contributed by atoms with Crippen LogP contribution in [-0.4, -0.2) is 45.0 Å². The highest BCUT2D eigenvalue weighted by Crippen LogP contribution is 2.10. The van der Waals surface area contributed by atoms with E-state index in [1.807, 2.05) is 0 Å². The van der Waals surface area contributed by atoms with Gasteiger partial charge in [-0.2, -0.15) is 5.10 Å². The van der Waals surface area contributed by atoms with Crippen molar-refractivity contribution in [3.63, 3.8) is 0 Å². The number of aryl methyl sites for hydroxylation is 1. The van der Waals surface area contributed by atoms with E-state index in [1.54, 1.807) is 14.0 Å². The van der Waals surface area contributed by atoms with Gasteiger partial charge < -0.3 is 10.2 Å². The lowest BCUT2D eigenvalue weighted by Gasteiger charge is -2.19. The topological polar surface area (TPSA) is 91.0 Å². The third-order valence-corrected chi connectivity index (χ3v) is 2.69. The fourth-order valence-electron chi connectivity index (χ4n) is 1.82. The summed E-state index contributed by atoms with van der Waals surface area (Å²) < 4.78 is 0. The van der Waals surface area contributed by atoms with Gasteiger partial charge in [-0.25, -0.2) is 4.98 Å². The van der Waals surface area contributed by atoms with Gasteiger partial charge in [0.15, 0.2) is 5.82 Å². The van der Waals surface area contributed by atoms with Crippen molar-refractivity contribution in [1.82, 2.24) is 25.4 Å². The van der Waals surface area contributed by atoms with Crippen LogP contribution >= 0.6 is 0 Å². The highest BCUT2D eigenvalue weighted by Gasteiger charge is 2.29. The molecular weight excluding hydrogens is 222 g/mol. The molecule has 2 amide bonds. The van der Waals surface area contributed by atoms with Crippen molar-refractivity contribution in [2.75, 3.05) is 7.05 Å². The van der Waals surface area contributed by atoms with Crippen LogP contribution in [-0.2, 0) is 16.1 Å². The SMILES string of the molecule is Cc1nc(CN(C)C(=O)[C@@H]2CCC(=O)N2)n[nH]1. The van der Waals surface area contributed by atoms with Gasteiger partial charge in [-0.3, -0.25) is 14.7 Å². The van der Waals surface area contributed by atoms with Crippen molar-refractivity contribution in [3.05, 3.63) is 11.6 Å². The third kappa shape index (κ3) is 2.61. The first-order valence-corrected chi connectivity index (χ1v) is 5.48. The quantitative estimate of drug-likeness (QED) is 0.731. The van der Waals surface area contributed by atoms with Gasteiger partial charge in [0.25, 0.3) is 0 Å². The van der Waals surface area contributed by atoms with Crippen molar-refractivity contribution < 1.29 is 9.59 Å². The normalized spacial score (nSPS) is 19.2. The van der Waals surface area contributed by atoms with E-state index in [0.29, 0.717) is 25.2 Å². The predicted molar refractivity (Wildman–Crippen MR) is 58.8 cm³/mol. The molecular formula is C10H15N5O2. The second-order valence-corrected chi connectivity index (χ2v) is 4.19. The van der Waals surface area contributed by atoms with Crippen LogP contribution in [0.15, 0.2) is 0 Å². The van der Waals surface area contributed by atoms with Gasteiger partial charge in [0, 0.05) is 13.5 Å². The standard InChI is InChI=1S/C10H15N5O2/c1-6-11-8(14-13-6)5-15(2)10(17)7-3-4-9(16)12-7/h7H,3-5H2,1-2H3,(H,12,16)(H,11,13,14)/t7-/m0/s1. The Kier molecular flexibility index (Phi) is 3.08. The number of H-pyrrole nitrogens is 1. The van der Waals surface area contributed by atoms with Crippen LogP contribution in [0.5, 0.6) is 0 Å². The van der Waals surface area contributed by atoms with Gasteiger partial charge >= 0.3 is 0 Å². The lowest BCUT2D eigenvalue weighted by Crippen LogP contribution is -2.42. The molecule has 7 nitrogen and oxygen atoms in total. The van der Waals surface area contributed by atoms with Crippen molar-refractivity contribution >= 4 is 11.8 Å². The Morgan fingerprint density at radius 3 is 2.88 bits per heavy atom. The Bertz CT molecular complexity index is 442. The van der Waals surface area contributed by atoms with Crippen LogP contribution in [0.3, 0.4) is 0 Å². The second kappa shape index (κ2) is 4.52. The minimum Gasteiger partial charge on any atom is -0.344 e. The van der Waals surface area contributed by atoms with Gasteiger partial charge in [-0.05, 0) is 13.3 Å². The zero-order valence-electron chi connectivity index (χ0n) is 9.86. The van der Waals surface area contributed by atoms with Gasteiger partial charge in [0.1, 0.15) is 11.9 Å². The van der Waals surface area contributed by atoms with E-state index < -0.39 is 6.04 Å². The molecule has 0 radical (unpaired) electrons. The van der Waals surface area contributed by atoms with Gasteiger partial charge in [0.2, 0.25) is 11.8 Å². The number of aromatic nitrogens is 3. The van der Waals surface area contributed by atoms with Crippen LogP contribution in [0.25, 0.3) is 0 Å². The van der Waals surface area contributed by atoms with Crippen LogP contribution in [0.4, 0.5) is 0 Å². The minimum absolute atomic E-state index is 0.0644. The smallest absolute Gasteiger partial charge is 0.245 e. The fraction of sp³-hybridized carbons (Fsp3) is 0.600. The number of nitrogens with one attached hydrogen (secondary N) is 2. The Morgan fingerprint density at radius 1 is 1.59 bits per heavy atom. The van der Waals surface area contributed by atoms with E-state index >= 15 is 0 Å². The molecule has 0 unspecified atom stereocenters. The first kappa shape index (κ1) is 11.6. The summed E-state index contributed by atoms with van der Waals surface area (Å²) in [5.41, 5.74) is 0. The molecule has 1 atom stereocenters. The molecule has 1 aliphatic heterocycles. The molecule has 0 bridgehead atoms. The highest BCUT2D eigenvalue weighted by molar-refractivity contribution is 5.90. The largest absolute Gasteiger partial charge is 0.344 e. The van der Waals surface area contributed by atoms with E-state index in [-0.39, 0.29) is 11.8 Å². The minimum atomic E-state index is -0.396. The number of aromatic amines is 1. The maximum absolute atomic E-state index is 11.9. The van der Waals surface area contributed by atoms with Gasteiger partial charge in [0.05, 0.1) is 6.54 Å². The van der Waals surface area contributed by atoms with Gasteiger partial charge in [-0.15, -0.1) is 0 Å². The number of likely N-dealkylation sites (N-methyl/N-ethyl adjacent to an activating group) is 1. The van der Waals surface area contributed by atoms with Crippen LogP contribution in [0.1, 0.15) is 24.5 Å². The molecule has 1 aromatic heterocycles. The number of nitrogens with zero attached hydrogens (tertiary/aromatic N) is 3. The molecule has 0 aromatic carbocycles. The molecule has 1 aromatic rings. The molecule has 0 spiro atoms. The molecule has 7 heteroatoms. The lowest BCUT2D eigenvalue weighted by molar-refractivity contribution is -0.133. The summed E-state index contributed by atoms with van der Waals surface area (Å²) in [6, 6.07) is -0.396. The summed E-state index contributed by atoms with van der Waals surface area (Å²) >= 11 is 0. The van der Waals surface area contributed by atoms with Crippen LogP contribution < -0.4 is 5.32 Å². The molecule has 92 valence electrons. The summed E-state index contributed by atoms with van der Waals surface area (Å²) in [5.74, 6) is 1.13. The number of carbonyl (C=O) groups excluding carboxylic acids is 2. The Morgan fingerprint density at radius 2 is 2.35 bits per heavy atom. The Labute approximate surface area is 98.6 Å². The zero-order valence-corrected chi connectivity index (χ0v) is 9.86. The summed E-state index contributed by atoms with van der Waals surface area (Å²) in [4.78, 5) is 28.6. The van der Waals surface area contributed by atoms with E-state index in [4.69, 9.17) is 0 Å². The summed E-state index contributed by atoms with van der Waals surface area (Å²) in [5, 5.41) is 9.33. The molecule has 2 N–H and O–H groups in total. The molecule has 1 aliphatic rings. The number of hydrogen-bond donors (Lipinski definition) is 2. The summed E-state index contributed by atoms with van der Waals surface area (Å²) in [7, 11) is 1.68. The number of hydrogen-bond acceptors (Lipinski definition) is 4. The maximum Gasteiger partial charge on any atom is 0.245 e. The van der Waals surface area contributed by atoms with E-state index in [0.717, 1.165) is 5.82 Å². The molecule has 2 rings (SSSR count). The average Bonchev–Trinajstić information content (AvgIpc) is 2.87. The number of amides is 2. The third-order valence-electron chi connectivity index (χ3n) is 2.69. The van der Waals surface area contributed by atoms with Crippen LogP contribution in [0.2, 0.25) is 0 Å². The van der Waals surface area contributed by atoms with Crippen molar-refractivity contribution in [3.8, 4) is 0 Å². The summed E-state index contributed by atoms with van der Waals surface area (Å²) in [6.45, 7) is 2.14. The van der Waals surface area contributed by atoms with E-state index in [9.17, 15) is 9.59 Å². The predicted octanol–water partition coefficient (Wildman–Crippen LogP) is -0.650. The summed E-state index contributed by atoms with van der Waals surface area (Å²) in [6.07, 6.45) is 0.985. The zero-order chi connectivity index (χ0) is 12.4. The van der Waals surface area contributed by atoms with E-state index in [2.05, 4.69) is 20.5 Å². The molecule has 2 heterocycles. The van der Waals surface area contributed by atoms with Crippen LogP contribution in [0, 0.1) is 6.92 Å². The lowest BCUT2D eigenvalue weighted by atomic mass is 10.2. The number of carbonyl (C=O) groups is 2. The monoisotopic (exact) mass is 237 g/mol. The van der Waals surface area contributed by atoms with Crippen molar-refractivity contribution in [2.45, 2.75) is 32.4 Å². The second-order valence-electron chi connectivity index (χ2n) is 4.19. The fourth-order valence-corrected chi connectivity index (χ4v) is 1.82. The van der Waals surface area contributed by atoms with Crippen molar-refractivity contribution in [2.24, 2.45) is 0 Å². The first-order valence-electron chi connectivity index (χ1n) is 5.48. The molecule has 1 saturated heterocycles. The maximum atomic E-state index is 11.9. The molecule has 1 fully saturated rings. The average molecular weight is 237 g/mol. The molecule has 0 aliphatic carbocycles. The molecule has 0 saturated carbocycles. The van der Waals surface area contributed by atoms with Gasteiger partial charge in [-0.1, -0.05) is 0 Å². The number of rotatable bonds is 3. The van der Waals surface area contributed by atoms with E-state index in [1.165, 1.54) is 4.90 Å². The highest BCUT2D eigenvalue weighted by atomic mass is 16.2. The first-order chi connectivity index (χ1) is 8.06. The van der Waals surface area contributed by atoms with Crippen molar-refractivity contribution in [1.29, 1.82) is 0 Å². The Hall–Kier alpha value is -1.92. The molecule has 17 heavy (non-hydrogen) atoms. The Balaban J connectivity index is 1.93.